The Morgan fingerprint density at radius 1 is 1.16 bits per heavy atom. The van der Waals surface area contributed by atoms with Gasteiger partial charge in [0.2, 0.25) is 0 Å². The van der Waals surface area contributed by atoms with Crippen LogP contribution in [0.3, 0.4) is 0 Å². The molecule has 0 saturated carbocycles. The van der Waals surface area contributed by atoms with E-state index in [1.54, 1.807) is 11.8 Å². The molecular weight excluding hydrogens is 276 g/mol. The first-order chi connectivity index (χ1) is 9.11. The van der Waals surface area contributed by atoms with Gasteiger partial charge >= 0.3 is 0 Å². The predicted molar refractivity (Wildman–Crippen MR) is 81.9 cm³/mol. The number of hydrogen-bond acceptors (Lipinski definition) is 3. The molecule has 0 amide bonds. The van der Waals surface area contributed by atoms with E-state index >= 15 is 0 Å². The molecule has 4 heteroatoms. The summed E-state index contributed by atoms with van der Waals surface area (Å²) in [5.74, 6) is 1.54. The van der Waals surface area contributed by atoms with Gasteiger partial charge < -0.3 is 0 Å². The summed E-state index contributed by atoms with van der Waals surface area (Å²) in [5, 5.41) is 0.593. The van der Waals surface area contributed by atoms with E-state index in [-0.39, 0.29) is 0 Å². The maximum absolute atomic E-state index is 6.19. The first-order valence-electron chi connectivity index (χ1n) is 6.32. The van der Waals surface area contributed by atoms with Gasteiger partial charge in [0, 0.05) is 16.2 Å². The van der Waals surface area contributed by atoms with Gasteiger partial charge in [-0.15, -0.1) is 11.8 Å². The summed E-state index contributed by atoms with van der Waals surface area (Å²) in [4.78, 5) is 10.2. The van der Waals surface area contributed by atoms with E-state index in [0.29, 0.717) is 5.15 Å². The monoisotopic (exact) mass is 292 g/mol. The third-order valence-electron chi connectivity index (χ3n) is 3.01. The first-order valence-corrected chi connectivity index (χ1v) is 7.68. The van der Waals surface area contributed by atoms with Crippen LogP contribution in [0.2, 0.25) is 5.15 Å². The third kappa shape index (κ3) is 3.48. The Morgan fingerprint density at radius 2 is 1.89 bits per heavy atom. The highest BCUT2D eigenvalue weighted by atomic mass is 35.5. The summed E-state index contributed by atoms with van der Waals surface area (Å²) in [6, 6.07) is 8.33. The van der Waals surface area contributed by atoms with Gasteiger partial charge in [0.25, 0.3) is 0 Å². The minimum atomic E-state index is 0.593. The molecule has 0 aliphatic carbocycles. The van der Waals surface area contributed by atoms with Crippen LogP contribution in [0.1, 0.15) is 29.6 Å². The summed E-state index contributed by atoms with van der Waals surface area (Å²) in [7, 11) is 0. The van der Waals surface area contributed by atoms with Gasteiger partial charge in [0.1, 0.15) is 11.0 Å². The van der Waals surface area contributed by atoms with Gasteiger partial charge in [-0.2, -0.15) is 0 Å². The lowest BCUT2D eigenvalue weighted by Crippen LogP contribution is -2.01. The van der Waals surface area contributed by atoms with Crippen molar-refractivity contribution in [1.82, 2.24) is 9.97 Å². The second kappa shape index (κ2) is 6.40. The van der Waals surface area contributed by atoms with Crippen LogP contribution in [0.15, 0.2) is 29.2 Å². The molecular formula is C15H17ClN2S. The molecule has 0 N–H and O–H groups in total. The lowest BCUT2D eigenvalue weighted by Gasteiger charge is -2.08. The van der Waals surface area contributed by atoms with Crippen molar-refractivity contribution >= 4 is 23.4 Å². The number of rotatable bonds is 4. The molecule has 19 heavy (non-hydrogen) atoms. The standard InChI is InChI=1S/C15H17ClN2S/c1-4-12-11(3)17-14(18-15(12)16)9-19-13-8-6-5-7-10(13)2/h5-8H,4,9H2,1-3H3. The molecule has 0 radical (unpaired) electrons. The van der Waals surface area contributed by atoms with Gasteiger partial charge in [0.15, 0.2) is 0 Å². The van der Waals surface area contributed by atoms with Gasteiger partial charge in [-0.05, 0) is 31.9 Å². The van der Waals surface area contributed by atoms with Crippen LogP contribution in [0, 0.1) is 13.8 Å². The highest BCUT2D eigenvalue weighted by Crippen LogP contribution is 2.26. The zero-order valence-electron chi connectivity index (χ0n) is 11.4. The molecule has 100 valence electrons. The number of hydrogen-bond donors (Lipinski definition) is 0. The summed E-state index contributed by atoms with van der Waals surface area (Å²) in [6.07, 6.45) is 0.871. The molecule has 0 fully saturated rings. The molecule has 2 nitrogen and oxygen atoms in total. The number of aryl methyl sites for hydroxylation is 2. The van der Waals surface area contributed by atoms with Crippen molar-refractivity contribution in [2.45, 2.75) is 37.8 Å². The molecule has 1 aromatic heterocycles. The highest BCUT2D eigenvalue weighted by molar-refractivity contribution is 7.98. The Labute approximate surface area is 123 Å². The number of benzene rings is 1. The van der Waals surface area contributed by atoms with E-state index in [0.717, 1.165) is 29.3 Å². The molecule has 0 spiro atoms. The van der Waals surface area contributed by atoms with Crippen molar-refractivity contribution in [3.05, 3.63) is 52.1 Å². The molecule has 2 rings (SSSR count). The third-order valence-corrected chi connectivity index (χ3v) is 4.50. The van der Waals surface area contributed by atoms with E-state index in [9.17, 15) is 0 Å². The van der Waals surface area contributed by atoms with Gasteiger partial charge in [-0.1, -0.05) is 36.7 Å². The minimum Gasteiger partial charge on any atom is -0.237 e. The second-order valence-corrected chi connectivity index (χ2v) is 5.78. The van der Waals surface area contributed by atoms with E-state index in [2.05, 4.69) is 42.0 Å². The van der Waals surface area contributed by atoms with E-state index < -0.39 is 0 Å². The molecule has 0 atom stereocenters. The first kappa shape index (κ1) is 14.4. The highest BCUT2D eigenvalue weighted by Gasteiger charge is 2.09. The molecule has 1 heterocycles. The zero-order chi connectivity index (χ0) is 13.8. The average molecular weight is 293 g/mol. The van der Waals surface area contributed by atoms with E-state index in [4.69, 9.17) is 11.6 Å². The summed E-state index contributed by atoms with van der Waals surface area (Å²) >= 11 is 7.93. The van der Waals surface area contributed by atoms with E-state index in [1.807, 2.05) is 13.0 Å². The van der Waals surface area contributed by atoms with Crippen molar-refractivity contribution < 1.29 is 0 Å². The lowest BCUT2D eigenvalue weighted by atomic mass is 10.2. The molecule has 0 bridgehead atoms. The van der Waals surface area contributed by atoms with Crippen LogP contribution in [0.4, 0.5) is 0 Å². The van der Waals surface area contributed by atoms with Crippen LogP contribution < -0.4 is 0 Å². The molecule has 0 unspecified atom stereocenters. The second-order valence-electron chi connectivity index (χ2n) is 4.40. The maximum Gasteiger partial charge on any atom is 0.140 e. The Hall–Kier alpha value is -1.06. The lowest BCUT2D eigenvalue weighted by molar-refractivity contribution is 0.938. The van der Waals surface area contributed by atoms with Gasteiger partial charge in [-0.3, -0.25) is 0 Å². The number of thioether (sulfide) groups is 1. The maximum atomic E-state index is 6.19. The van der Waals surface area contributed by atoms with Crippen molar-refractivity contribution in [3.8, 4) is 0 Å². The Bertz CT molecular complexity index is 561. The Morgan fingerprint density at radius 3 is 2.53 bits per heavy atom. The molecule has 0 aliphatic rings. The van der Waals surface area contributed by atoms with Crippen LogP contribution in [0.25, 0.3) is 0 Å². The van der Waals surface area contributed by atoms with Crippen LogP contribution in [-0.2, 0) is 12.2 Å². The van der Waals surface area contributed by atoms with Crippen molar-refractivity contribution in [1.29, 1.82) is 0 Å². The smallest absolute Gasteiger partial charge is 0.140 e. The van der Waals surface area contributed by atoms with Crippen LogP contribution >= 0.6 is 23.4 Å². The number of aromatic nitrogens is 2. The summed E-state index contributed by atoms with van der Waals surface area (Å²) < 4.78 is 0. The molecule has 1 aromatic carbocycles. The van der Waals surface area contributed by atoms with E-state index in [1.165, 1.54) is 10.5 Å². The normalized spacial score (nSPS) is 10.7. The number of halogens is 1. The Balaban J connectivity index is 2.15. The van der Waals surface area contributed by atoms with Gasteiger partial charge in [-0.25, -0.2) is 9.97 Å². The van der Waals surface area contributed by atoms with Crippen LogP contribution in [0.5, 0.6) is 0 Å². The quantitative estimate of drug-likeness (QED) is 0.608. The minimum absolute atomic E-state index is 0.593. The van der Waals surface area contributed by atoms with Crippen molar-refractivity contribution in [2.24, 2.45) is 0 Å². The average Bonchev–Trinajstić information content (AvgIpc) is 2.37. The van der Waals surface area contributed by atoms with Crippen molar-refractivity contribution in [3.63, 3.8) is 0 Å². The predicted octanol–water partition coefficient (Wildman–Crippen LogP) is 4.60. The topological polar surface area (TPSA) is 25.8 Å². The fraction of sp³-hybridized carbons (Fsp3) is 0.333. The van der Waals surface area contributed by atoms with Crippen LogP contribution in [-0.4, -0.2) is 9.97 Å². The van der Waals surface area contributed by atoms with Crippen molar-refractivity contribution in [2.75, 3.05) is 0 Å². The number of nitrogens with zero attached hydrogens (tertiary/aromatic N) is 2. The zero-order valence-corrected chi connectivity index (χ0v) is 13.0. The Kier molecular flexibility index (Phi) is 4.83. The fourth-order valence-corrected chi connectivity index (χ4v) is 3.20. The largest absolute Gasteiger partial charge is 0.237 e. The molecule has 0 saturated heterocycles. The summed E-state index contributed by atoms with van der Waals surface area (Å²) in [5.41, 5.74) is 3.31. The SMILES string of the molecule is CCc1c(C)nc(CSc2ccccc2C)nc1Cl. The fourth-order valence-electron chi connectivity index (χ4n) is 1.94. The van der Waals surface area contributed by atoms with Gasteiger partial charge in [0.05, 0.1) is 5.75 Å². The molecule has 2 aromatic rings. The summed E-state index contributed by atoms with van der Waals surface area (Å²) in [6.45, 7) is 6.18. The molecule has 0 aliphatic heterocycles.